The van der Waals surface area contributed by atoms with Gasteiger partial charge in [-0.3, -0.25) is 9.59 Å². The number of carbonyl (C=O) groups is 2. The van der Waals surface area contributed by atoms with E-state index in [1.165, 1.54) is 6.20 Å². The van der Waals surface area contributed by atoms with Gasteiger partial charge < -0.3 is 5.73 Å². The zero-order chi connectivity index (χ0) is 13.7. The highest BCUT2D eigenvalue weighted by Crippen LogP contribution is 2.16. The summed E-state index contributed by atoms with van der Waals surface area (Å²) in [7, 11) is 0. The lowest BCUT2D eigenvalue weighted by atomic mass is 9.97. The third-order valence-electron chi connectivity index (χ3n) is 2.74. The molecule has 0 aromatic heterocycles. The summed E-state index contributed by atoms with van der Waals surface area (Å²) in [5, 5.41) is 0. The van der Waals surface area contributed by atoms with Gasteiger partial charge in [0.2, 0.25) is 11.6 Å². The molecule has 0 fully saturated rings. The average Bonchev–Trinajstić information content (AvgIpc) is 2.49. The highest BCUT2D eigenvalue weighted by atomic mass is 16.2. The zero-order valence-corrected chi connectivity index (χ0v) is 10.2. The summed E-state index contributed by atoms with van der Waals surface area (Å²) in [6.07, 6.45) is 1.18. The Bertz CT molecular complexity index is 616. The highest BCUT2D eigenvalue weighted by Gasteiger charge is 2.21. The van der Waals surface area contributed by atoms with Gasteiger partial charge in [0.25, 0.3) is 0 Å². The van der Waals surface area contributed by atoms with Crippen LogP contribution < -0.4 is 5.73 Å². The van der Waals surface area contributed by atoms with E-state index in [9.17, 15) is 9.59 Å². The standard InChI is InChI=1S/C16H13NO2/c17-11-14(12-7-3-1-4-8-12)16(19)15(18)13-9-5-2-6-10-13/h1-11H,17H2/b14-11+. The van der Waals surface area contributed by atoms with Crippen LogP contribution in [0.5, 0.6) is 0 Å². The van der Waals surface area contributed by atoms with Crippen molar-refractivity contribution >= 4 is 17.1 Å². The predicted molar refractivity (Wildman–Crippen MR) is 74.4 cm³/mol. The third kappa shape index (κ3) is 2.77. The van der Waals surface area contributed by atoms with Gasteiger partial charge in [0.1, 0.15) is 0 Å². The van der Waals surface area contributed by atoms with Crippen molar-refractivity contribution in [2.45, 2.75) is 0 Å². The molecular formula is C16H13NO2. The van der Waals surface area contributed by atoms with Crippen LogP contribution >= 0.6 is 0 Å². The molecule has 0 spiro atoms. The number of allylic oxidation sites excluding steroid dienone is 1. The molecule has 0 heterocycles. The molecule has 0 amide bonds. The minimum absolute atomic E-state index is 0.217. The van der Waals surface area contributed by atoms with Crippen molar-refractivity contribution in [1.82, 2.24) is 0 Å². The lowest BCUT2D eigenvalue weighted by Crippen LogP contribution is -2.16. The van der Waals surface area contributed by atoms with Crippen molar-refractivity contribution in [2.24, 2.45) is 5.73 Å². The van der Waals surface area contributed by atoms with Crippen LogP contribution in [0.15, 0.2) is 66.9 Å². The van der Waals surface area contributed by atoms with E-state index < -0.39 is 11.6 Å². The molecule has 3 nitrogen and oxygen atoms in total. The predicted octanol–water partition coefficient (Wildman–Crippen LogP) is 2.44. The number of nitrogens with two attached hydrogens (primary N) is 1. The summed E-state index contributed by atoms with van der Waals surface area (Å²) in [6, 6.07) is 17.4. The molecule has 0 aliphatic carbocycles. The van der Waals surface area contributed by atoms with Crippen LogP contribution in [0.3, 0.4) is 0 Å². The third-order valence-corrected chi connectivity index (χ3v) is 2.74. The van der Waals surface area contributed by atoms with E-state index in [1.807, 2.05) is 6.07 Å². The first-order valence-corrected chi connectivity index (χ1v) is 5.85. The molecule has 3 heteroatoms. The second-order valence-corrected chi connectivity index (χ2v) is 3.97. The molecule has 19 heavy (non-hydrogen) atoms. The minimum Gasteiger partial charge on any atom is -0.404 e. The summed E-state index contributed by atoms with van der Waals surface area (Å²) in [5.74, 6) is -1.15. The summed E-state index contributed by atoms with van der Waals surface area (Å²) < 4.78 is 0. The molecule has 0 aliphatic heterocycles. The van der Waals surface area contributed by atoms with Gasteiger partial charge in [0, 0.05) is 17.3 Å². The topological polar surface area (TPSA) is 60.2 Å². The fourth-order valence-electron chi connectivity index (χ4n) is 1.76. The summed E-state index contributed by atoms with van der Waals surface area (Å²) in [6.45, 7) is 0. The first-order valence-electron chi connectivity index (χ1n) is 5.85. The number of rotatable bonds is 4. The van der Waals surface area contributed by atoms with E-state index in [4.69, 9.17) is 5.73 Å². The van der Waals surface area contributed by atoms with Crippen molar-refractivity contribution in [3.63, 3.8) is 0 Å². The van der Waals surface area contributed by atoms with Gasteiger partial charge in [0.15, 0.2) is 0 Å². The number of carbonyl (C=O) groups excluding carboxylic acids is 2. The Hall–Kier alpha value is -2.68. The highest BCUT2D eigenvalue weighted by molar-refractivity contribution is 6.58. The molecule has 0 saturated heterocycles. The monoisotopic (exact) mass is 251 g/mol. The van der Waals surface area contributed by atoms with Gasteiger partial charge in [0.05, 0.1) is 0 Å². The van der Waals surface area contributed by atoms with E-state index in [2.05, 4.69) is 0 Å². The Morgan fingerprint density at radius 2 is 1.26 bits per heavy atom. The maximum atomic E-state index is 12.2. The van der Waals surface area contributed by atoms with Gasteiger partial charge in [-0.2, -0.15) is 0 Å². The van der Waals surface area contributed by atoms with Crippen LogP contribution in [0.1, 0.15) is 15.9 Å². The van der Waals surface area contributed by atoms with E-state index in [-0.39, 0.29) is 5.57 Å². The van der Waals surface area contributed by atoms with Gasteiger partial charge >= 0.3 is 0 Å². The van der Waals surface area contributed by atoms with Crippen LogP contribution in [-0.4, -0.2) is 11.6 Å². The van der Waals surface area contributed by atoms with Crippen LogP contribution in [0.4, 0.5) is 0 Å². The second-order valence-electron chi connectivity index (χ2n) is 3.97. The number of hydrogen-bond donors (Lipinski definition) is 1. The van der Waals surface area contributed by atoms with Crippen LogP contribution in [-0.2, 0) is 4.79 Å². The lowest BCUT2D eigenvalue weighted by molar-refractivity contribution is -0.110. The second kappa shape index (κ2) is 5.78. The fraction of sp³-hybridized carbons (Fsp3) is 0. The van der Waals surface area contributed by atoms with Crippen molar-refractivity contribution in [2.75, 3.05) is 0 Å². The molecule has 0 unspecified atom stereocenters. The fourth-order valence-corrected chi connectivity index (χ4v) is 1.76. The van der Waals surface area contributed by atoms with Gasteiger partial charge in [-0.25, -0.2) is 0 Å². The normalized spacial score (nSPS) is 11.1. The zero-order valence-electron chi connectivity index (χ0n) is 10.2. The molecule has 0 bridgehead atoms. The molecule has 2 aromatic carbocycles. The first kappa shape index (κ1) is 12.8. The molecule has 0 saturated carbocycles. The van der Waals surface area contributed by atoms with E-state index >= 15 is 0 Å². The summed E-state index contributed by atoms with van der Waals surface area (Å²) >= 11 is 0. The van der Waals surface area contributed by atoms with Crippen molar-refractivity contribution in [1.29, 1.82) is 0 Å². The molecule has 2 N–H and O–H groups in total. The Labute approximate surface area is 111 Å². The van der Waals surface area contributed by atoms with Gasteiger partial charge in [-0.15, -0.1) is 0 Å². The molecule has 0 radical (unpaired) electrons. The molecule has 2 aromatic rings. The Morgan fingerprint density at radius 3 is 1.74 bits per heavy atom. The van der Waals surface area contributed by atoms with Crippen LogP contribution in [0, 0.1) is 0 Å². The Kier molecular flexibility index (Phi) is 3.88. The lowest BCUT2D eigenvalue weighted by Gasteiger charge is -2.05. The molecule has 94 valence electrons. The smallest absolute Gasteiger partial charge is 0.235 e. The molecule has 0 aliphatic rings. The summed E-state index contributed by atoms with van der Waals surface area (Å²) in [5.41, 5.74) is 6.71. The van der Waals surface area contributed by atoms with Crippen molar-refractivity contribution in [3.8, 4) is 0 Å². The Balaban J connectivity index is 2.31. The average molecular weight is 251 g/mol. The van der Waals surface area contributed by atoms with Gasteiger partial charge in [-0.1, -0.05) is 60.7 Å². The van der Waals surface area contributed by atoms with Gasteiger partial charge in [-0.05, 0) is 5.56 Å². The number of Topliss-reactive ketones (excluding diaryl/α,β-unsaturated/α-hetero) is 2. The number of benzene rings is 2. The largest absolute Gasteiger partial charge is 0.404 e. The maximum absolute atomic E-state index is 12.2. The SMILES string of the molecule is N/C=C(/C(=O)C(=O)c1ccccc1)c1ccccc1. The van der Waals surface area contributed by atoms with E-state index in [0.29, 0.717) is 11.1 Å². The summed E-state index contributed by atoms with van der Waals surface area (Å²) in [4.78, 5) is 24.2. The van der Waals surface area contributed by atoms with Crippen LogP contribution in [0.2, 0.25) is 0 Å². The number of ketones is 2. The van der Waals surface area contributed by atoms with Crippen molar-refractivity contribution < 1.29 is 9.59 Å². The molecule has 0 atom stereocenters. The molecular weight excluding hydrogens is 238 g/mol. The first-order chi connectivity index (χ1) is 9.24. The quantitative estimate of drug-likeness (QED) is 0.516. The Morgan fingerprint density at radius 1 is 0.789 bits per heavy atom. The van der Waals surface area contributed by atoms with E-state index in [0.717, 1.165) is 0 Å². The molecule has 2 rings (SSSR count). The van der Waals surface area contributed by atoms with Crippen molar-refractivity contribution in [3.05, 3.63) is 78.0 Å². The maximum Gasteiger partial charge on any atom is 0.235 e. The van der Waals surface area contributed by atoms with Crippen LogP contribution in [0.25, 0.3) is 5.57 Å². The van der Waals surface area contributed by atoms with E-state index in [1.54, 1.807) is 54.6 Å². The minimum atomic E-state index is -0.597. The number of hydrogen-bond acceptors (Lipinski definition) is 3.